The van der Waals surface area contributed by atoms with Crippen molar-refractivity contribution < 1.29 is 0 Å². The molecule has 20 rings (SSSR count). The minimum Gasteiger partial charge on any atom is -0.305 e. The molecule has 0 saturated carbocycles. The first-order valence-corrected chi connectivity index (χ1v) is 34.0. The molecule has 20 aromatic rings. The van der Waals surface area contributed by atoms with E-state index in [9.17, 15) is 0 Å². The summed E-state index contributed by atoms with van der Waals surface area (Å²) in [6.07, 6.45) is 0. The fourth-order valence-electron chi connectivity index (χ4n) is 15.6. The van der Waals surface area contributed by atoms with Gasteiger partial charge in [-0.15, -0.1) is 0 Å². The summed E-state index contributed by atoms with van der Waals surface area (Å²) in [7, 11) is 0. The number of hydrogen-bond donors (Lipinski definition) is 0. The van der Waals surface area contributed by atoms with Gasteiger partial charge in [-0.3, -0.25) is 9.13 Å². The van der Waals surface area contributed by atoms with Crippen molar-refractivity contribution in [1.29, 1.82) is 0 Å². The highest BCUT2D eigenvalue weighted by Crippen LogP contribution is 2.51. The Morgan fingerprint density at radius 2 is 0.430 bits per heavy atom. The third-order valence-corrected chi connectivity index (χ3v) is 20.0. The van der Waals surface area contributed by atoms with Gasteiger partial charge in [-0.2, -0.15) is 0 Å². The van der Waals surface area contributed by atoms with Crippen molar-refractivity contribution in [3.05, 3.63) is 352 Å². The zero-order chi connectivity index (χ0) is 65.8. The van der Waals surface area contributed by atoms with Crippen molar-refractivity contribution in [3.8, 4) is 102 Å². The van der Waals surface area contributed by atoms with Crippen LogP contribution in [0, 0.1) is 0 Å². The first kappa shape index (κ1) is 56.8. The highest BCUT2D eigenvalue weighted by molar-refractivity contribution is 6.17. The van der Waals surface area contributed by atoms with Crippen molar-refractivity contribution in [2.75, 3.05) is 0 Å². The van der Waals surface area contributed by atoms with Gasteiger partial charge in [-0.25, -0.2) is 19.9 Å². The molecule has 0 aliphatic carbocycles. The Morgan fingerprint density at radius 1 is 0.170 bits per heavy atom. The summed E-state index contributed by atoms with van der Waals surface area (Å²) in [4.78, 5) is 23.2. The monoisotopic (exact) mass is 1270 g/mol. The Morgan fingerprint density at radius 3 is 0.790 bits per heavy atom. The Labute approximate surface area is 575 Å². The first-order chi connectivity index (χ1) is 49.6. The van der Waals surface area contributed by atoms with Crippen molar-refractivity contribution in [3.63, 3.8) is 0 Å². The van der Waals surface area contributed by atoms with Crippen molar-refractivity contribution in [2.24, 2.45) is 0 Å². The van der Waals surface area contributed by atoms with E-state index in [0.29, 0.717) is 23.3 Å². The molecule has 0 unspecified atom stereocenters. The number of aromatic nitrogens is 8. The lowest BCUT2D eigenvalue weighted by atomic mass is 9.95. The molecular weight excluding hydrogens is 1220 g/mol. The molecule has 0 aliphatic rings. The summed E-state index contributed by atoms with van der Waals surface area (Å²) in [5.74, 6) is 3.09. The molecule has 8 heteroatoms. The average Bonchev–Trinajstić information content (AvgIpc) is 1.43. The molecular formula is C92H58N8. The topological polar surface area (TPSA) is 71.3 Å². The number of pyridine rings is 1. The zero-order valence-corrected chi connectivity index (χ0v) is 54.1. The second kappa shape index (κ2) is 23.1. The van der Waals surface area contributed by atoms with Gasteiger partial charge in [-0.1, -0.05) is 285 Å². The third-order valence-electron chi connectivity index (χ3n) is 20.0. The minimum atomic E-state index is 0.522. The standard InChI is InChI=1S/C92H58N8/c1-6-28-59(29-7-1)64-50-53-82-74(56-64)71-42-22-27-49-81(71)99(82)91-86(97-77-45-23-18-38-67(77)68-39-19-24-46-78(68)97)85(72-43-16-17-44-73(72)90-94-88(62-34-12-4-13-35-62)93-89(95-90)63-36-14-5-15-37-63)87(98-79-47-25-20-40-69(79)70-41-21-26-48-80(70)98)92(96-91)100-83-54-51-65(60-30-8-2-9-31-60)57-75(83)76-58-66(52-55-84(76)100)61-32-10-3-11-33-61/h1-58H. The maximum absolute atomic E-state index is 6.68. The Bertz CT molecular complexity index is 6360. The second-order valence-corrected chi connectivity index (χ2v) is 25.6. The van der Waals surface area contributed by atoms with E-state index >= 15 is 0 Å². The number of nitrogens with zero attached hydrogens (tertiary/aromatic N) is 8. The van der Waals surface area contributed by atoms with Crippen LogP contribution >= 0.6 is 0 Å². The molecule has 0 amide bonds. The number of hydrogen-bond acceptors (Lipinski definition) is 4. The maximum Gasteiger partial charge on any atom is 0.165 e. The fourth-order valence-corrected chi connectivity index (χ4v) is 15.6. The predicted octanol–water partition coefficient (Wildman–Crippen LogP) is 23.3. The molecule has 0 atom stereocenters. The van der Waals surface area contributed by atoms with Gasteiger partial charge in [0.1, 0.15) is 11.4 Å². The highest BCUT2D eigenvalue weighted by Gasteiger charge is 2.34. The molecule has 8 nitrogen and oxygen atoms in total. The van der Waals surface area contributed by atoms with Gasteiger partial charge >= 0.3 is 0 Å². The molecule has 0 aliphatic heterocycles. The van der Waals surface area contributed by atoms with Crippen LogP contribution in [-0.2, 0) is 0 Å². The minimum absolute atomic E-state index is 0.522. The lowest BCUT2D eigenvalue weighted by molar-refractivity contribution is 0.961. The van der Waals surface area contributed by atoms with Gasteiger partial charge in [0.25, 0.3) is 0 Å². The van der Waals surface area contributed by atoms with Gasteiger partial charge in [0.15, 0.2) is 29.1 Å². The van der Waals surface area contributed by atoms with Crippen LogP contribution in [-0.4, -0.2) is 38.2 Å². The summed E-state index contributed by atoms with van der Waals surface area (Å²) < 4.78 is 9.92. The van der Waals surface area contributed by atoms with Crippen LogP contribution in [0.3, 0.4) is 0 Å². The number of para-hydroxylation sites is 5. The van der Waals surface area contributed by atoms with E-state index < -0.39 is 0 Å². The molecule has 0 radical (unpaired) electrons. The van der Waals surface area contributed by atoms with Crippen LogP contribution in [0.1, 0.15) is 0 Å². The zero-order valence-electron chi connectivity index (χ0n) is 54.1. The first-order valence-electron chi connectivity index (χ1n) is 34.0. The van der Waals surface area contributed by atoms with E-state index in [0.717, 1.165) is 166 Å². The number of benzene rings is 14. The van der Waals surface area contributed by atoms with Crippen LogP contribution in [0.4, 0.5) is 0 Å². The third kappa shape index (κ3) is 9.01. The van der Waals surface area contributed by atoms with Gasteiger partial charge < -0.3 is 9.13 Å². The SMILES string of the molecule is c1ccc(-c2ccc3c(c2)c2ccccc2n3-c2nc(-n3c4ccc(-c5ccccc5)cc4c4cc(-c5ccccc5)ccc43)c(-n3c4ccccc4c4ccccc43)c(-c3ccccc3-c3nc(-c4ccccc4)nc(-c4ccccc4)n3)c2-n2c3ccccc3c3ccccc32)cc1. The van der Waals surface area contributed by atoms with E-state index in [4.69, 9.17) is 19.9 Å². The summed E-state index contributed by atoms with van der Waals surface area (Å²) >= 11 is 0. The smallest absolute Gasteiger partial charge is 0.165 e. The van der Waals surface area contributed by atoms with Gasteiger partial charge in [0, 0.05) is 65.3 Å². The van der Waals surface area contributed by atoms with E-state index in [1.807, 2.05) is 36.4 Å². The Kier molecular flexibility index (Phi) is 13.1. The van der Waals surface area contributed by atoms with Crippen LogP contribution < -0.4 is 0 Å². The van der Waals surface area contributed by atoms with Crippen molar-refractivity contribution in [1.82, 2.24) is 38.2 Å². The normalized spacial score (nSPS) is 11.8. The van der Waals surface area contributed by atoms with Crippen molar-refractivity contribution in [2.45, 2.75) is 0 Å². The Hall–Kier alpha value is -13.6. The second-order valence-electron chi connectivity index (χ2n) is 25.6. The molecule has 0 saturated heterocycles. The Balaban J connectivity index is 1.05. The summed E-state index contributed by atoms with van der Waals surface area (Å²) in [5, 5.41) is 8.85. The summed E-state index contributed by atoms with van der Waals surface area (Å²) in [5.41, 5.74) is 20.9. The molecule has 466 valence electrons. The van der Waals surface area contributed by atoms with Crippen molar-refractivity contribution >= 4 is 87.2 Å². The molecule has 100 heavy (non-hydrogen) atoms. The van der Waals surface area contributed by atoms with E-state index in [1.165, 1.54) is 0 Å². The molecule has 14 aromatic carbocycles. The van der Waals surface area contributed by atoms with E-state index in [-0.39, 0.29) is 0 Å². The molecule has 6 heterocycles. The molecule has 0 fully saturated rings. The molecule has 0 bridgehead atoms. The lowest BCUT2D eigenvalue weighted by Crippen LogP contribution is -2.16. The van der Waals surface area contributed by atoms with E-state index in [2.05, 4.69) is 334 Å². The fraction of sp³-hybridized carbons (Fsp3) is 0. The molecule has 6 aromatic heterocycles. The predicted molar refractivity (Wildman–Crippen MR) is 413 cm³/mol. The van der Waals surface area contributed by atoms with Crippen LogP contribution in [0.2, 0.25) is 0 Å². The van der Waals surface area contributed by atoms with E-state index in [1.54, 1.807) is 0 Å². The van der Waals surface area contributed by atoms with Gasteiger partial charge in [0.05, 0.1) is 44.1 Å². The lowest BCUT2D eigenvalue weighted by Gasteiger charge is -2.27. The van der Waals surface area contributed by atoms with Gasteiger partial charge in [-0.05, 0) is 106 Å². The number of fused-ring (bicyclic) bond motifs is 12. The summed E-state index contributed by atoms with van der Waals surface area (Å²) in [6.45, 7) is 0. The molecule has 0 N–H and O–H groups in total. The quantitative estimate of drug-likeness (QED) is 0.129. The van der Waals surface area contributed by atoms with Crippen LogP contribution in [0.5, 0.6) is 0 Å². The van der Waals surface area contributed by atoms with Crippen LogP contribution in [0.25, 0.3) is 189 Å². The average molecular weight is 1280 g/mol. The highest BCUT2D eigenvalue weighted by atomic mass is 15.2. The largest absolute Gasteiger partial charge is 0.305 e. The van der Waals surface area contributed by atoms with Crippen LogP contribution in [0.15, 0.2) is 352 Å². The summed E-state index contributed by atoms with van der Waals surface area (Å²) in [6, 6.07) is 127. The maximum atomic E-state index is 6.68. The van der Waals surface area contributed by atoms with Gasteiger partial charge in [0.2, 0.25) is 0 Å². The number of rotatable bonds is 11. The molecule has 0 spiro atoms.